The second-order valence-electron chi connectivity index (χ2n) is 7.18. The van der Waals surface area contributed by atoms with Crippen molar-refractivity contribution in [3.63, 3.8) is 0 Å². The van der Waals surface area contributed by atoms with Crippen molar-refractivity contribution in [3.8, 4) is 0 Å². The molecule has 25 heavy (non-hydrogen) atoms. The number of benzene rings is 1. The van der Waals surface area contributed by atoms with Gasteiger partial charge in [0.2, 0.25) is 5.91 Å². The predicted octanol–water partition coefficient (Wildman–Crippen LogP) is 2.20. The first-order chi connectivity index (χ1) is 12.2. The van der Waals surface area contributed by atoms with E-state index in [1.165, 1.54) is 12.8 Å². The van der Waals surface area contributed by atoms with E-state index in [1.54, 1.807) is 0 Å². The monoisotopic (exact) mass is 340 g/mol. The minimum absolute atomic E-state index is 0.0676. The van der Waals surface area contributed by atoms with Crippen molar-refractivity contribution in [3.05, 3.63) is 34.6 Å². The van der Waals surface area contributed by atoms with Crippen LogP contribution >= 0.6 is 0 Å². The van der Waals surface area contributed by atoms with Crippen LogP contribution in [-0.2, 0) is 4.79 Å². The molecule has 4 rings (SSSR count). The maximum atomic E-state index is 12.6. The number of carbonyl (C=O) groups excluding carboxylic acids is 1. The van der Waals surface area contributed by atoms with Gasteiger partial charge in [0.05, 0.1) is 17.0 Å². The number of anilines is 1. The fourth-order valence-electron chi connectivity index (χ4n) is 4.01. The zero-order valence-electron chi connectivity index (χ0n) is 14.3. The minimum atomic E-state index is -0.185. The van der Waals surface area contributed by atoms with Crippen LogP contribution in [-0.4, -0.2) is 35.0 Å². The molecule has 1 aliphatic heterocycles. The van der Waals surface area contributed by atoms with E-state index in [0.717, 1.165) is 43.3 Å². The Morgan fingerprint density at radius 3 is 2.80 bits per heavy atom. The fraction of sp³-hybridized carbons (Fsp3) is 0.526. The number of H-pyrrole nitrogens is 1. The summed E-state index contributed by atoms with van der Waals surface area (Å²) in [5.74, 6) is 0.493. The number of para-hydroxylation sites is 2. The van der Waals surface area contributed by atoms with E-state index in [0.29, 0.717) is 18.4 Å². The Bertz CT molecular complexity index is 826. The van der Waals surface area contributed by atoms with Gasteiger partial charge in [-0.3, -0.25) is 9.59 Å². The lowest BCUT2D eigenvalue weighted by atomic mass is 9.96. The molecule has 1 aromatic heterocycles. The quantitative estimate of drug-likeness (QED) is 0.898. The van der Waals surface area contributed by atoms with Gasteiger partial charge in [-0.2, -0.15) is 0 Å². The Morgan fingerprint density at radius 2 is 1.96 bits per heavy atom. The first-order valence-electron chi connectivity index (χ1n) is 9.25. The Morgan fingerprint density at radius 1 is 1.16 bits per heavy atom. The van der Waals surface area contributed by atoms with E-state index in [1.807, 2.05) is 29.2 Å². The van der Waals surface area contributed by atoms with Gasteiger partial charge in [-0.1, -0.05) is 25.0 Å². The van der Waals surface area contributed by atoms with Gasteiger partial charge in [-0.15, -0.1) is 0 Å². The highest BCUT2D eigenvalue weighted by atomic mass is 16.2. The molecule has 0 bridgehead atoms. The van der Waals surface area contributed by atoms with E-state index in [9.17, 15) is 9.59 Å². The lowest BCUT2D eigenvalue weighted by molar-refractivity contribution is -0.125. The van der Waals surface area contributed by atoms with Crippen LogP contribution in [0.3, 0.4) is 0 Å². The molecule has 6 nitrogen and oxygen atoms in total. The number of piperidine rings is 1. The summed E-state index contributed by atoms with van der Waals surface area (Å²) in [6.45, 7) is 1.33. The zero-order chi connectivity index (χ0) is 17.2. The lowest BCUT2D eigenvalue weighted by Gasteiger charge is -2.33. The largest absolute Gasteiger partial charge is 0.353 e. The SMILES string of the molecule is O=C(NC1CCCC1)C1CCCN(c2nc3ccccc3[nH]c2=O)C1. The van der Waals surface area contributed by atoms with Crippen LogP contribution in [0, 0.1) is 5.92 Å². The molecular formula is C19H24N4O2. The second kappa shape index (κ2) is 6.86. The molecule has 1 saturated carbocycles. The standard InChI is InChI=1S/C19H24N4O2/c24-18(20-14-7-1-2-8-14)13-6-5-11-23(12-13)17-19(25)22-16-10-4-3-9-15(16)21-17/h3-4,9-10,13-14H,1-2,5-8,11-12H2,(H,20,24)(H,22,25). The summed E-state index contributed by atoms with van der Waals surface area (Å²) in [7, 11) is 0. The molecular weight excluding hydrogens is 316 g/mol. The number of nitrogens with one attached hydrogen (secondary N) is 2. The number of nitrogens with zero attached hydrogens (tertiary/aromatic N) is 2. The topological polar surface area (TPSA) is 78.1 Å². The molecule has 0 spiro atoms. The molecule has 1 aliphatic carbocycles. The highest BCUT2D eigenvalue weighted by Gasteiger charge is 2.29. The van der Waals surface area contributed by atoms with Gasteiger partial charge in [0.25, 0.3) is 5.56 Å². The van der Waals surface area contributed by atoms with Crippen molar-refractivity contribution in [1.82, 2.24) is 15.3 Å². The van der Waals surface area contributed by atoms with Crippen molar-refractivity contribution < 1.29 is 4.79 Å². The zero-order valence-corrected chi connectivity index (χ0v) is 14.3. The van der Waals surface area contributed by atoms with E-state index in [-0.39, 0.29) is 17.4 Å². The van der Waals surface area contributed by atoms with Crippen LogP contribution in [0.5, 0.6) is 0 Å². The number of hydrogen-bond donors (Lipinski definition) is 2. The molecule has 0 radical (unpaired) electrons. The van der Waals surface area contributed by atoms with Gasteiger partial charge < -0.3 is 15.2 Å². The van der Waals surface area contributed by atoms with Crippen LogP contribution in [0.15, 0.2) is 29.1 Å². The van der Waals surface area contributed by atoms with E-state index >= 15 is 0 Å². The average molecular weight is 340 g/mol. The number of carbonyl (C=O) groups is 1. The van der Waals surface area contributed by atoms with Crippen LogP contribution in [0.4, 0.5) is 5.82 Å². The summed E-state index contributed by atoms with van der Waals surface area (Å²) in [6, 6.07) is 7.87. The molecule has 1 aromatic carbocycles. The van der Waals surface area contributed by atoms with Crippen molar-refractivity contribution in [2.24, 2.45) is 5.92 Å². The highest BCUT2D eigenvalue weighted by molar-refractivity contribution is 5.80. The van der Waals surface area contributed by atoms with Crippen molar-refractivity contribution >= 4 is 22.8 Å². The highest BCUT2D eigenvalue weighted by Crippen LogP contribution is 2.23. The number of amides is 1. The Labute approximate surface area is 146 Å². The third-order valence-corrected chi connectivity index (χ3v) is 5.37. The first-order valence-corrected chi connectivity index (χ1v) is 9.25. The molecule has 6 heteroatoms. The van der Waals surface area contributed by atoms with Crippen LogP contribution < -0.4 is 15.8 Å². The average Bonchev–Trinajstić information content (AvgIpc) is 3.14. The first kappa shape index (κ1) is 16.1. The van der Waals surface area contributed by atoms with Gasteiger partial charge >= 0.3 is 0 Å². The van der Waals surface area contributed by atoms with Gasteiger partial charge in [-0.05, 0) is 37.8 Å². The fourth-order valence-corrected chi connectivity index (χ4v) is 4.01. The van der Waals surface area contributed by atoms with Gasteiger partial charge in [0.1, 0.15) is 0 Å². The maximum Gasteiger partial charge on any atom is 0.291 e. The third-order valence-electron chi connectivity index (χ3n) is 5.37. The summed E-state index contributed by atoms with van der Waals surface area (Å²) in [6.07, 6.45) is 6.37. The summed E-state index contributed by atoms with van der Waals surface area (Å²) >= 11 is 0. The third kappa shape index (κ3) is 3.38. The van der Waals surface area contributed by atoms with E-state index in [2.05, 4.69) is 15.3 Å². The Hall–Kier alpha value is -2.37. The van der Waals surface area contributed by atoms with Crippen molar-refractivity contribution in [2.75, 3.05) is 18.0 Å². The van der Waals surface area contributed by atoms with Crippen LogP contribution in [0.2, 0.25) is 0 Å². The summed E-state index contributed by atoms with van der Waals surface area (Å²) in [5.41, 5.74) is 1.33. The number of fused-ring (bicyclic) bond motifs is 1. The summed E-state index contributed by atoms with van der Waals surface area (Å²) < 4.78 is 0. The van der Waals surface area contributed by atoms with Gasteiger partial charge in [0.15, 0.2) is 5.82 Å². The molecule has 2 aromatic rings. The number of aromatic nitrogens is 2. The summed E-state index contributed by atoms with van der Waals surface area (Å²) in [4.78, 5) is 34.4. The maximum absolute atomic E-state index is 12.6. The molecule has 1 amide bonds. The molecule has 1 atom stereocenters. The molecule has 1 unspecified atom stereocenters. The molecule has 2 N–H and O–H groups in total. The molecule has 2 heterocycles. The number of hydrogen-bond acceptors (Lipinski definition) is 4. The Kier molecular flexibility index (Phi) is 4.42. The number of rotatable bonds is 3. The van der Waals surface area contributed by atoms with Gasteiger partial charge in [0, 0.05) is 19.1 Å². The van der Waals surface area contributed by atoms with Crippen molar-refractivity contribution in [1.29, 1.82) is 0 Å². The minimum Gasteiger partial charge on any atom is -0.353 e. The normalized spacial score (nSPS) is 21.6. The molecule has 132 valence electrons. The summed E-state index contributed by atoms with van der Waals surface area (Å²) in [5, 5.41) is 3.19. The Balaban J connectivity index is 1.51. The molecule has 2 fully saturated rings. The van der Waals surface area contributed by atoms with Crippen molar-refractivity contribution in [2.45, 2.75) is 44.6 Å². The van der Waals surface area contributed by atoms with Gasteiger partial charge in [-0.25, -0.2) is 4.98 Å². The predicted molar refractivity (Wildman–Crippen MR) is 97.7 cm³/mol. The smallest absolute Gasteiger partial charge is 0.291 e. The molecule has 2 aliphatic rings. The second-order valence-corrected chi connectivity index (χ2v) is 7.18. The van der Waals surface area contributed by atoms with E-state index < -0.39 is 0 Å². The van der Waals surface area contributed by atoms with E-state index in [4.69, 9.17) is 0 Å². The van der Waals surface area contributed by atoms with Crippen LogP contribution in [0.25, 0.3) is 11.0 Å². The van der Waals surface area contributed by atoms with Crippen LogP contribution in [0.1, 0.15) is 38.5 Å². The lowest BCUT2D eigenvalue weighted by Crippen LogP contribution is -2.46. The molecule has 1 saturated heterocycles. The number of aromatic amines is 1.